The standard InChI is InChI=1S/C35H31ClF7NO5/c1-17-30(19-9-21(34(38,39)40)12-22(10-19)35(41,42)43)49-32(47)44(17)16-20-15-33(2,3)8-7-23(20)26-13-25(28(37)14-29(26)48-4)24-6-5-18(31(45)46)11-27(24)36/h5-6,9-14,17,30H,7-8,15-16H2,1-4H3,(H,45,46)/t17-,30?/m0/s1. The van der Waals surface area contributed by atoms with Gasteiger partial charge in [0.25, 0.3) is 0 Å². The van der Waals surface area contributed by atoms with Gasteiger partial charge >= 0.3 is 24.4 Å². The Kier molecular flexibility index (Phi) is 9.48. The molecule has 1 unspecified atom stereocenters. The maximum atomic E-state index is 15.5. The molecule has 0 bridgehead atoms. The molecule has 0 aromatic heterocycles. The van der Waals surface area contributed by atoms with Gasteiger partial charge in [-0.3, -0.25) is 4.90 Å². The lowest BCUT2D eigenvalue weighted by molar-refractivity contribution is -0.143. The Hall–Kier alpha value is -4.26. The van der Waals surface area contributed by atoms with E-state index in [1.54, 1.807) is 0 Å². The van der Waals surface area contributed by atoms with Gasteiger partial charge in [-0.15, -0.1) is 0 Å². The zero-order valence-electron chi connectivity index (χ0n) is 26.7. The number of hydrogen-bond donors (Lipinski definition) is 1. The van der Waals surface area contributed by atoms with E-state index >= 15 is 4.39 Å². The van der Waals surface area contributed by atoms with Crippen LogP contribution in [-0.4, -0.2) is 41.8 Å². The summed E-state index contributed by atoms with van der Waals surface area (Å²) in [7, 11) is 1.36. The molecule has 1 saturated heterocycles. The van der Waals surface area contributed by atoms with E-state index in [-0.39, 0.29) is 45.5 Å². The monoisotopic (exact) mass is 713 g/mol. The van der Waals surface area contributed by atoms with Crippen molar-refractivity contribution in [2.24, 2.45) is 5.41 Å². The smallest absolute Gasteiger partial charge is 0.416 e. The van der Waals surface area contributed by atoms with Crippen LogP contribution in [0, 0.1) is 11.2 Å². The summed E-state index contributed by atoms with van der Waals surface area (Å²) in [4.78, 5) is 25.9. The molecule has 14 heteroatoms. The van der Waals surface area contributed by atoms with Gasteiger partial charge in [-0.05, 0) is 84.7 Å². The number of nitrogens with zero attached hydrogens (tertiary/aromatic N) is 1. The van der Waals surface area contributed by atoms with Crippen molar-refractivity contribution in [3.63, 3.8) is 0 Å². The summed E-state index contributed by atoms with van der Waals surface area (Å²) >= 11 is 6.38. The van der Waals surface area contributed by atoms with Crippen LogP contribution in [0.1, 0.15) is 78.7 Å². The Balaban J connectivity index is 1.57. The third kappa shape index (κ3) is 7.36. The van der Waals surface area contributed by atoms with E-state index < -0.39 is 59.1 Å². The van der Waals surface area contributed by atoms with Gasteiger partial charge in [0.15, 0.2) is 0 Å². The van der Waals surface area contributed by atoms with Crippen molar-refractivity contribution in [3.05, 3.63) is 92.8 Å². The molecule has 1 heterocycles. The first-order valence-electron chi connectivity index (χ1n) is 15.1. The molecule has 1 amide bonds. The van der Waals surface area contributed by atoms with Crippen molar-refractivity contribution < 1.29 is 54.9 Å². The van der Waals surface area contributed by atoms with Crippen LogP contribution in [0.4, 0.5) is 35.5 Å². The molecule has 3 aromatic rings. The number of carboxylic acid groups (broad SMARTS) is 1. The van der Waals surface area contributed by atoms with Crippen LogP contribution in [0.15, 0.2) is 54.1 Å². The van der Waals surface area contributed by atoms with E-state index in [0.717, 1.165) is 0 Å². The predicted octanol–water partition coefficient (Wildman–Crippen LogP) is 10.4. The SMILES string of the molecule is COc1cc(F)c(-c2ccc(C(=O)O)cc2Cl)cc1C1=C(CN2C(=O)OC(c3cc(C(F)(F)F)cc(C(F)(F)F)c3)[C@@H]2C)CC(C)(C)CC1. The average molecular weight is 714 g/mol. The largest absolute Gasteiger partial charge is 0.496 e. The summed E-state index contributed by atoms with van der Waals surface area (Å²) in [5, 5.41) is 9.32. The van der Waals surface area contributed by atoms with Crippen LogP contribution in [-0.2, 0) is 17.1 Å². The first-order valence-corrected chi connectivity index (χ1v) is 15.5. The van der Waals surface area contributed by atoms with E-state index in [0.29, 0.717) is 48.1 Å². The highest BCUT2D eigenvalue weighted by atomic mass is 35.5. The number of carboxylic acids is 1. The lowest BCUT2D eigenvalue weighted by Gasteiger charge is -2.36. The number of methoxy groups -OCH3 is 1. The van der Waals surface area contributed by atoms with Crippen molar-refractivity contribution in [2.45, 2.75) is 64.5 Å². The summed E-state index contributed by atoms with van der Waals surface area (Å²) in [6.07, 6.45) is -10.9. The number of halogens is 8. The zero-order chi connectivity index (χ0) is 36.2. The Morgan fingerprint density at radius 1 is 1.00 bits per heavy atom. The number of aromatic carboxylic acids is 1. The van der Waals surface area contributed by atoms with Crippen LogP contribution in [0.5, 0.6) is 5.75 Å². The van der Waals surface area contributed by atoms with Crippen molar-refractivity contribution in [2.75, 3.05) is 13.7 Å². The Bertz CT molecular complexity index is 1820. The Morgan fingerprint density at radius 2 is 1.63 bits per heavy atom. The lowest BCUT2D eigenvalue weighted by atomic mass is 9.72. The lowest BCUT2D eigenvalue weighted by Crippen LogP contribution is -2.35. The molecule has 6 nitrogen and oxygen atoms in total. The summed E-state index contributed by atoms with van der Waals surface area (Å²) in [5.74, 6) is -1.73. The molecule has 0 spiro atoms. The number of benzene rings is 3. The highest BCUT2D eigenvalue weighted by Crippen LogP contribution is 2.48. The van der Waals surface area contributed by atoms with Crippen molar-refractivity contribution in [3.8, 4) is 16.9 Å². The van der Waals surface area contributed by atoms with Gasteiger partial charge in [0.2, 0.25) is 0 Å². The molecule has 262 valence electrons. The van der Waals surface area contributed by atoms with Gasteiger partial charge in [0, 0.05) is 34.3 Å². The van der Waals surface area contributed by atoms with Crippen LogP contribution in [0.3, 0.4) is 0 Å². The molecule has 1 fully saturated rings. The van der Waals surface area contributed by atoms with E-state index in [1.165, 1.54) is 49.3 Å². The number of carbonyl (C=O) groups excluding carboxylic acids is 1. The molecule has 1 aliphatic heterocycles. The molecule has 0 saturated carbocycles. The number of carbonyl (C=O) groups is 2. The second kappa shape index (κ2) is 12.9. The van der Waals surface area contributed by atoms with Gasteiger partial charge in [-0.1, -0.05) is 31.5 Å². The number of amides is 1. The molecule has 1 N–H and O–H groups in total. The minimum atomic E-state index is -5.08. The molecule has 3 aromatic carbocycles. The van der Waals surface area contributed by atoms with Gasteiger partial charge in [-0.2, -0.15) is 26.3 Å². The van der Waals surface area contributed by atoms with Crippen LogP contribution in [0.2, 0.25) is 5.02 Å². The molecule has 2 atom stereocenters. The van der Waals surface area contributed by atoms with Crippen LogP contribution < -0.4 is 4.74 Å². The molecular formula is C35H31ClF7NO5. The van der Waals surface area contributed by atoms with Crippen molar-refractivity contribution >= 4 is 29.2 Å². The van der Waals surface area contributed by atoms with Gasteiger partial charge < -0.3 is 14.6 Å². The second-order valence-electron chi connectivity index (χ2n) is 13.0. The van der Waals surface area contributed by atoms with Crippen LogP contribution in [0.25, 0.3) is 16.7 Å². The quantitative estimate of drug-likeness (QED) is 0.247. The summed E-state index contributed by atoms with van der Waals surface area (Å²) in [6.45, 7) is 5.42. The molecule has 5 rings (SSSR count). The molecule has 1 aliphatic carbocycles. The minimum absolute atomic E-state index is 0.00292. The number of hydrogen-bond acceptors (Lipinski definition) is 4. The fourth-order valence-corrected chi connectivity index (χ4v) is 6.71. The van der Waals surface area contributed by atoms with Crippen molar-refractivity contribution in [1.82, 2.24) is 4.90 Å². The molecular weight excluding hydrogens is 683 g/mol. The Labute approximate surface area is 282 Å². The fourth-order valence-electron chi connectivity index (χ4n) is 6.43. The minimum Gasteiger partial charge on any atom is -0.496 e. The highest BCUT2D eigenvalue weighted by Gasteiger charge is 2.44. The van der Waals surface area contributed by atoms with Crippen LogP contribution >= 0.6 is 11.6 Å². The summed E-state index contributed by atoms with van der Waals surface area (Å²) in [5.41, 5.74) is -1.65. The van der Waals surface area contributed by atoms with E-state index in [9.17, 15) is 41.0 Å². The van der Waals surface area contributed by atoms with E-state index in [1.807, 2.05) is 13.8 Å². The first-order chi connectivity index (χ1) is 22.7. The maximum absolute atomic E-state index is 15.5. The highest BCUT2D eigenvalue weighted by molar-refractivity contribution is 6.33. The second-order valence-corrected chi connectivity index (χ2v) is 13.4. The summed E-state index contributed by atoms with van der Waals surface area (Å²) < 4.78 is 108. The number of rotatable bonds is 7. The molecule has 2 aliphatic rings. The van der Waals surface area contributed by atoms with Crippen molar-refractivity contribution in [1.29, 1.82) is 0 Å². The molecule has 0 radical (unpaired) electrons. The first kappa shape index (κ1) is 36.0. The van der Waals surface area contributed by atoms with E-state index in [2.05, 4.69) is 0 Å². The predicted molar refractivity (Wildman–Crippen MR) is 167 cm³/mol. The number of cyclic esters (lactones) is 1. The van der Waals surface area contributed by atoms with Gasteiger partial charge in [0.05, 0.1) is 29.8 Å². The summed E-state index contributed by atoms with van der Waals surface area (Å²) in [6, 6.07) is 6.75. The Morgan fingerprint density at radius 3 is 2.18 bits per heavy atom. The fraction of sp³-hybridized carbons (Fsp3) is 0.371. The third-order valence-electron chi connectivity index (χ3n) is 8.98. The number of allylic oxidation sites excluding steroid dienone is 1. The normalized spacial score (nSPS) is 19.7. The van der Waals surface area contributed by atoms with Gasteiger partial charge in [0.1, 0.15) is 17.7 Å². The zero-order valence-corrected chi connectivity index (χ0v) is 27.4. The maximum Gasteiger partial charge on any atom is 0.416 e. The third-order valence-corrected chi connectivity index (χ3v) is 9.30. The molecule has 49 heavy (non-hydrogen) atoms. The van der Waals surface area contributed by atoms with E-state index in [4.69, 9.17) is 21.1 Å². The average Bonchev–Trinajstić information content (AvgIpc) is 3.28. The topological polar surface area (TPSA) is 76.1 Å². The number of alkyl halides is 6. The number of ether oxygens (including phenoxy) is 2. The van der Waals surface area contributed by atoms with Gasteiger partial charge in [-0.25, -0.2) is 14.0 Å².